The maximum absolute atomic E-state index is 12.5. The molecule has 204 valence electrons. The molecule has 0 amide bonds. The van der Waals surface area contributed by atoms with Crippen LogP contribution in [0.25, 0.3) is 0 Å². The zero-order chi connectivity index (χ0) is 26.6. The minimum absolute atomic E-state index is 0.230. The van der Waals surface area contributed by atoms with Crippen molar-refractivity contribution in [1.29, 1.82) is 0 Å². The van der Waals surface area contributed by atoms with E-state index in [-0.39, 0.29) is 10.5 Å². The van der Waals surface area contributed by atoms with Crippen LogP contribution in [0.3, 0.4) is 0 Å². The second-order valence-electron chi connectivity index (χ2n) is 15.2. The Morgan fingerprint density at radius 2 is 1.73 bits per heavy atom. The molecule has 3 fully saturated rings. The fourth-order valence-corrected chi connectivity index (χ4v) is 10.3. The summed E-state index contributed by atoms with van der Waals surface area (Å²) < 4.78 is 7.22. The molecule has 0 saturated heterocycles. The lowest BCUT2D eigenvalue weighted by Gasteiger charge is -2.61. The summed E-state index contributed by atoms with van der Waals surface area (Å²) in [6.07, 6.45) is 14.4. The lowest BCUT2D eigenvalue weighted by atomic mass is 9.44. The summed E-state index contributed by atoms with van der Waals surface area (Å²) in [6, 6.07) is 11.0. The van der Waals surface area contributed by atoms with Crippen molar-refractivity contribution in [2.45, 2.75) is 123 Å². The van der Waals surface area contributed by atoms with Crippen LogP contribution in [-0.4, -0.2) is 20.2 Å². The standard InChI is InChI=1S/C34H52O2Si/c1-32(2,3)37(6,7)36-30-17-16-28-31-25(15-11-14-24-12-9-8-10-13-24)22-26-23-27(35)18-20-33(26,4)29(31)19-21-34(28,30)5/h8-10,12-13,23,25,28-31H,11,14-22H2,1-7H3/t25-,28+,29+,30+,31+,33+,34+/m1/s1. The average Bonchev–Trinajstić information content (AvgIpc) is 3.15. The highest BCUT2D eigenvalue weighted by Crippen LogP contribution is 2.67. The van der Waals surface area contributed by atoms with Crippen LogP contribution in [0.2, 0.25) is 18.1 Å². The Balaban J connectivity index is 1.42. The summed E-state index contributed by atoms with van der Waals surface area (Å²) in [5.74, 6) is 3.34. The number of carbonyl (C=O) groups excluding carboxylic acids is 1. The van der Waals surface area contributed by atoms with E-state index in [9.17, 15) is 4.79 Å². The summed E-state index contributed by atoms with van der Waals surface area (Å²) in [6.45, 7) is 17.2. The Morgan fingerprint density at radius 3 is 2.43 bits per heavy atom. The van der Waals surface area contributed by atoms with Gasteiger partial charge in [0.15, 0.2) is 14.1 Å². The van der Waals surface area contributed by atoms with E-state index < -0.39 is 8.32 Å². The number of allylic oxidation sites excluding steroid dienone is 1. The topological polar surface area (TPSA) is 26.3 Å². The summed E-state index contributed by atoms with van der Waals surface area (Å²) in [7, 11) is -1.81. The molecule has 0 bridgehead atoms. The monoisotopic (exact) mass is 520 g/mol. The molecule has 2 nitrogen and oxygen atoms in total. The van der Waals surface area contributed by atoms with Crippen LogP contribution >= 0.6 is 0 Å². The largest absolute Gasteiger partial charge is 0.413 e. The first kappa shape index (κ1) is 27.4. The van der Waals surface area contributed by atoms with E-state index in [1.54, 1.807) is 0 Å². The molecule has 0 N–H and O–H groups in total. The molecule has 3 saturated carbocycles. The number of ketones is 1. The Bertz CT molecular complexity index is 1020. The summed E-state index contributed by atoms with van der Waals surface area (Å²) in [4.78, 5) is 12.5. The summed E-state index contributed by atoms with van der Waals surface area (Å²) >= 11 is 0. The minimum Gasteiger partial charge on any atom is -0.413 e. The number of rotatable bonds is 6. The molecule has 4 aliphatic rings. The van der Waals surface area contributed by atoms with Crippen molar-refractivity contribution in [3.05, 3.63) is 47.5 Å². The van der Waals surface area contributed by atoms with Crippen molar-refractivity contribution >= 4 is 14.1 Å². The Kier molecular flexibility index (Phi) is 7.23. The molecule has 0 heterocycles. The number of carbonyl (C=O) groups is 1. The van der Waals surface area contributed by atoms with Gasteiger partial charge in [-0.1, -0.05) is 70.5 Å². The quantitative estimate of drug-likeness (QED) is 0.349. The maximum atomic E-state index is 12.5. The fourth-order valence-electron chi connectivity index (χ4n) is 8.89. The molecule has 37 heavy (non-hydrogen) atoms. The van der Waals surface area contributed by atoms with Crippen molar-refractivity contribution in [3.63, 3.8) is 0 Å². The molecule has 0 aromatic heterocycles. The summed E-state index contributed by atoms with van der Waals surface area (Å²) in [5, 5.41) is 0.255. The van der Waals surface area contributed by atoms with E-state index in [2.05, 4.69) is 84.1 Å². The molecule has 0 aliphatic heterocycles. The lowest BCUT2D eigenvalue weighted by Crippen LogP contribution is -2.56. The van der Waals surface area contributed by atoms with Crippen molar-refractivity contribution in [1.82, 2.24) is 0 Å². The van der Waals surface area contributed by atoms with Gasteiger partial charge in [0.05, 0.1) is 6.10 Å². The zero-order valence-corrected chi connectivity index (χ0v) is 25.7. The van der Waals surface area contributed by atoms with Crippen molar-refractivity contribution < 1.29 is 9.22 Å². The van der Waals surface area contributed by atoms with Crippen LogP contribution in [0.5, 0.6) is 0 Å². The molecule has 0 radical (unpaired) electrons. The zero-order valence-electron chi connectivity index (χ0n) is 24.7. The molecule has 0 unspecified atom stereocenters. The predicted octanol–water partition coefficient (Wildman–Crippen LogP) is 9.16. The summed E-state index contributed by atoms with van der Waals surface area (Å²) in [5.41, 5.74) is 3.50. The molecule has 7 atom stereocenters. The van der Waals surface area contributed by atoms with Crippen molar-refractivity contribution in [3.8, 4) is 0 Å². The van der Waals surface area contributed by atoms with Gasteiger partial charge < -0.3 is 4.43 Å². The second kappa shape index (κ2) is 9.77. The van der Waals surface area contributed by atoms with Crippen molar-refractivity contribution in [2.24, 2.45) is 34.5 Å². The third-order valence-corrected chi connectivity index (χ3v) is 16.7. The van der Waals surface area contributed by atoms with Gasteiger partial charge in [0, 0.05) is 6.42 Å². The first-order valence-corrected chi connectivity index (χ1v) is 18.2. The van der Waals surface area contributed by atoms with E-state index in [1.165, 1.54) is 56.1 Å². The van der Waals surface area contributed by atoms with E-state index in [4.69, 9.17) is 4.43 Å². The highest BCUT2D eigenvalue weighted by Gasteiger charge is 2.62. The molecule has 3 heteroatoms. The van der Waals surface area contributed by atoms with Gasteiger partial charge in [-0.05, 0) is 122 Å². The van der Waals surface area contributed by atoms with Gasteiger partial charge in [0.1, 0.15) is 0 Å². The maximum Gasteiger partial charge on any atom is 0.192 e. The van der Waals surface area contributed by atoms with Gasteiger partial charge >= 0.3 is 0 Å². The van der Waals surface area contributed by atoms with Gasteiger partial charge in [-0.15, -0.1) is 0 Å². The van der Waals surface area contributed by atoms with Gasteiger partial charge in [0.2, 0.25) is 0 Å². The van der Waals surface area contributed by atoms with Gasteiger partial charge in [-0.2, -0.15) is 0 Å². The molecule has 1 aromatic carbocycles. The molecule has 0 spiro atoms. The number of benzene rings is 1. The van der Waals surface area contributed by atoms with Crippen molar-refractivity contribution in [2.75, 3.05) is 0 Å². The van der Waals surface area contributed by atoms with E-state index in [1.807, 2.05) is 0 Å². The SMILES string of the molecule is CC(C)(C)[Si](C)(C)O[C@H]1CC[C@H]2[C@@H]3[C@H](CCCc4ccccc4)CC4=CC(=O)CC[C@]4(C)[C@H]3CC[C@]12C. The van der Waals surface area contributed by atoms with E-state index >= 15 is 0 Å². The van der Waals surface area contributed by atoms with Gasteiger partial charge in [-0.25, -0.2) is 0 Å². The molecular formula is C34H52O2Si. The smallest absolute Gasteiger partial charge is 0.192 e. The number of hydrogen-bond donors (Lipinski definition) is 0. The van der Waals surface area contributed by atoms with Crippen LogP contribution in [0.1, 0.15) is 98.0 Å². The van der Waals surface area contributed by atoms with E-state index in [0.29, 0.717) is 23.2 Å². The van der Waals surface area contributed by atoms with Crippen LogP contribution < -0.4 is 0 Å². The highest BCUT2D eigenvalue weighted by molar-refractivity contribution is 6.74. The van der Waals surface area contributed by atoms with Crippen LogP contribution in [0.15, 0.2) is 42.0 Å². The number of fused-ring (bicyclic) bond motifs is 5. The normalized spacial score (nSPS) is 38.0. The predicted molar refractivity (Wildman–Crippen MR) is 157 cm³/mol. The first-order chi connectivity index (χ1) is 17.3. The van der Waals surface area contributed by atoms with Crippen LogP contribution in [-0.2, 0) is 15.6 Å². The molecule has 4 aliphatic carbocycles. The first-order valence-electron chi connectivity index (χ1n) is 15.3. The van der Waals surface area contributed by atoms with Gasteiger partial charge in [-0.3, -0.25) is 4.79 Å². The van der Waals surface area contributed by atoms with Crippen LogP contribution in [0.4, 0.5) is 0 Å². The average molecular weight is 521 g/mol. The molecule has 1 aromatic rings. The lowest BCUT2D eigenvalue weighted by molar-refractivity contribution is -0.120. The third-order valence-electron chi connectivity index (χ3n) is 12.2. The molecule has 5 rings (SSSR count). The second-order valence-corrected chi connectivity index (χ2v) is 19.9. The Labute approximate surface area is 228 Å². The number of hydrogen-bond acceptors (Lipinski definition) is 2. The molecular weight excluding hydrogens is 468 g/mol. The van der Waals surface area contributed by atoms with Crippen LogP contribution in [0, 0.1) is 34.5 Å². The highest BCUT2D eigenvalue weighted by atomic mass is 28.4. The van der Waals surface area contributed by atoms with E-state index in [0.717, 1.165) is 37.0 Å². The van der Waals surface area contributed by atoms with Gasteiger partial charge in [0.25, 0.3) is 0 Å². The minimum atomic E-state index is -1.81. The number of aryl methyl sites for hydroxylation is 1. The Hall–Kier alpha value is -1.19. The Morgan fingerprint density at radius 1 is 1.00 bits per heavy atom. The fraction of sp³-hybridized carbons (Fsp3) is 0.735. The third kappa shape index (κ3) is 4.86.